The molecular formula is C11H18O2Yb. The standard InChI is InChI=1S/C6H6O.C5H12O.Yb/c7-6-4-2-1-3-5-6;1-5(2)3-4-6;/h1-5,7H;5-6H,3-4H2,1-2H3;. The van der Waals surface area contributed by atoms with Crippen molar-refractivity contribution < 1.29 is 57.1 Å². The van der Waals surface area contributed by atoms with Crippen LogP contribution in [-0.2, 0) is 0 Å². The van der Waals surface area contributed by atoms with Crippen molar-refractivity contribution in [2.75, 3.05) is 6.61 Å². The van der Waals surface area contributed by atoms with E-state index in [0.717, 1.165) is 6.42 Å². The van der Waals surface area contributed by atoms with Gasteiger partial charge in [-0.3, -0.25) is 0 Å². The minimum absolute atomic E-state index is 0. The predicted octanol–water partition coefficient (Wildman–Crippen LogP) is 2.42. The zero-order valence-corrected chi connectivity index (χ0v) is 10.3. The second kappa shape index (κ2) is 11.6. The quantitative estimate of drug-likeness (QED) is 0.856. The average Bonchev–Trinajstić information content (AvgIpc) is 2.06. The zero-order valence-electron chi connectivity index (χ0n) is 8.54. The molecule has 1 aromatic carbocycles. The van der Waals surface area contributed by atoms with Crippen LogP contribution < -0.4 is 0 Å². The molecule has 0 spiro atoms. The number of aliphatic hydroxyl groups excluding tert-OH is 1. The van der Waals surface area contributed by atoms with Crippen LogP contribution in [0.2, 0.25) is 0 Å². The van der Waals surface area contributed by atoms with Crippen molar-refractivity contribution in [3.63, 3.8) is 0 Å². The van der Waals surface area contributed by atoms with Gasteiger partial charge in [-0.2, -0.15) is 0 Å². The summed E-state index contributed by atoms with van der Waals surface area (Å²) in [7, 11) is 0. The Morgan fingerprint density at radius 3 is 1.79 bits per heavy atom. The molecule has 0 amide bonds. The third kappa shape index (κ3) is 12.5. The Bertz CT molecular complexity index is 200. The summed E-state index contributed by atoms with van der Waals surface area (Å²) in [5, 5.41) is 16.9. The number of aliphatic hydroxyl groups is 1. The Morgan fingerprint density at radius 2 is 1.64 bits per heavy atom. The molecule has 0 aromatic heterocycles. The summed E-state index contributed by atoms with van der Waals surface area (Å²) >= 11 is 0. The molecule has 0 saturated heterocycles. The SMILES string of the molecule is CC(C)CCO.Oc1ccccc1.[Yb]. The molecule has 0 saturated carbocycles. The third-order valence-electron chi connectivity index (χ3n) is 1.46. The molecule has 0 atom stereocenters. The van der Waals surface area contributed by atoms with Crippen LogP contribution in [0.25, 0.3) is 0 Å². The Kier molecular flexibility index (Phi) is 14.0. The fourth-order valence-corrected chi connectivity index (χ4v) is 0.686. The number of hydrogen-bond donors (Lipinski definition) is 2. The molecule has 2 nitrogen and oxygen atoms in total. The topological polar surface area (TPSA) is 40.5 Å². The number of aromatic hydroxyl groups is 1. The van der Waals surface area contributed by atoms with E-state index in [4.69, 9.17) is 10.2 Å². The van der Waals surface area contributed by atoms with Crippen LogP contribution in [0.1, 0.15) is 20.3 Å². The van der Waals surface area contributed by atoms with E-state index in [1.165, 1.54) is 0 Å². The first-order valence-corrected chi connectivity index (χ1v) is 4.51. The van der Waals surface area contributed by atoms with E-state index in [1.54, 1.807) is 24.3 Å². The normalized spacial score (nSPS) is 8.57. The number of hydrogen-bond acceptors (Lipinski definition) is 2. The van der Waals surface area contributed by atoms with Crippen molar-refractivity contribution in [2.24, 2.45) is 5.92 Å². The van der Waals surface area contributed by atoms with Gasteiger partial charge in [0.25, 0.3) is 0 Å². The van der Waals surface area contributed by atoms with Crippen molar-refractivity contribution in [3.05, 3.63) is 30.3 Å². The molecule has 2 N–H and O–H groups in total. The molecule has 0 aliphatic rings. The third-order valence-corrected chi connectivity index (χ3v) is 1.46. The molecule has 1 rings (SSSR count). The molecule has 0 aliphatic carbocycles. The molecule has 0 radical (unpaired) electrons. The summed E-state index contributed by atoms with van der Waals surface area (Å²) in [6.07, 6.45) is 0.931. The minimum atomic E-state index is 0. The van der Waals surface area contributed by atoms with Crippen LogP contribution in [0.15, 0.2) is 30.3 Å². The summed E-state index contributed by atoms with van der Waals surface area (Å²) in [6, 6.07) is 8.71. The van der Waals surface area contributed by atoms with Crippen LogP contribution in [0.3, 0.4) is 0 Å². The maximum Gasteiger partial charge on any atom is 0.115 e. The van der Waals surface area contributed by atoms with Crippen LogP contribution in [0.4, 0.5) is 0 Å². The van der Waals surface area contributed by atoms with E-state index < -0.39 is 0 Å². The Labute approximate surface area is 125 Å². The molecule has 88 valence electrons. The Morgan fingerprint density at radius 1 is 1.14 bits per heavy atom. The maximum atomic E-state index is 8.63. The fraction of sp³-hybridized carbons (Fsp3) is 0.455. The smallest absolute Gasteiger partial charge is 0.115 e. The van der Waals surface area contributed by atoms with Crippen LogP contribution in [0, 0.1) is 52.8 Å². The van der Waals surface area contributed by atoms with Gasteiger partial charge in [-0.1, -0.05) is 32.0 Å². The number of rotatable bonds is 2. The molecule has 0 bridgehead atoms. The molecule has 0 aliphatic heterocycles. The molecule has 1 aromatic rings. The minimum Gasteiger partial charge on any atom is -0.508 e. The zero-order chi connectivity index (χ0) is 10.1. The number of phenols is 1. The molecular weight excluding hydrogens is 337 g/mol. The van der Waals surface area contributed by atoms with E-state index in [2.05, 4.69) is 13.8 Å². The van der Waals surface area contributed by atoms with Gasteiger partial charge in [0.15, 0.2) is 0 Å². The summed E-state index contributed by atoms with van der Waals surface area (Å²) in [4.78, 5) is 0. The van der Waals surface area contributed by atoms with Crippen molar-refractivity contribution in [1.29, 1.82) is 0 Å². The van der Waals surface area contributed by atoms with Crippen molar-refractivity contribution in [2.45, 2.75) is 20.3 Å². The summed E-state index contributed by atoms with van der Waals surface area (Å²) < 4.78 is 0. The van der Waals surface area contributed by atoms with Crippen LogP contribution in [-0.4, -0.2) is 16.8 Å². The van der Waals surface area contributed by atoms with Gasteiger partial charge < -0.3 is 10.2 Å². The van der Waals surface area contributed by atoms with Gasteiger partial charge in [-0.05, 0) is 24.5 Å². The average molecular weight is 355 g/mol. The van der Waals surface area contributed by atoms with E-state index >= 15 is 0 Å². The monoisotopic (exact) mass is 356 g/mol. The first-order chi connectivity index (χ1) is 6.16. The second-order valence-corrected chi connectivity index (χ2v) is 3.24. The Hall–Kier alpha value is 0.499. The van der Waals surface area contributed by atoms with Gasteiger partial charge in [-0.25, -0.2) is 0 Å². The second-order valence-electron chi connectivity index (χ2n) is 3.24. The predicted molar refractivity (Wildman–Crippen MR) is 54.6 cm³/mol. The molecule has 0 fully saturated rings. The summed E-state index contributed by atoms with van der Waals surface area (Å²) in [5.74, 6) is 0.970. The van der Waals surface area contributed by atoms with Gasteiger partial charge in [0.1, 0.15) is 5.75 Å². The number of phenolic OH excluding ortho intramolecular Hbond substituents is 1. The molecule has 14 heavy (non-hydrogen) atoms. The van der Waals surface area contributed by atoms with Gasteiger partial charge >= 0.3 is 0 Å². The summed E-state index contributed by atoms with van der Waals surface area (Å²) in [6.45, 7) is 4.52. The van der Waals surface area contributed by atoms with Gasteiger partial charge in [0, 0.05) is 53.5 Å². The van der Waals surface area contributed by atoms with Gasteiger partial charge in [0.2, 0.25) is 0 Å². The van der Waals surface area contributed by atoms with Crippen molar-refractivity contribution >= 4 is 0 Å². The Balaban J connectivity index is 0. The van der Waals surface area contributed by atoms with E-state index in [9.17, 15) is 0 Å². The first-order valence-electron chi connectivity index (χ1n) is 4.51. The fourth-order valence-electron chi connectivity index (χ4n) is 0.686. The molecule has 0 unspecified atom stereocenters. The van der Waals surface area contributed by atoms with E-state index in [0.29, 0.717) is 18.3 Å². The molecule has 3 heteroatoms. The van der Waals surface area contributed by atoms with E-state index in [1.807, 2.05) is 6.07 Å². The van der Waals surface area contributed by atoms with Crippen molar-refractivity contribution in [1.82, 2.24) is 0 Å². The number of benzene rings is 1. The van der Waals surface area contributed by atoms with Crippen molar-refractivity contribution in [3.8, 4) is 5.75 Å². The first kappa shape index (κ1) is 16.9. The largest absolute Gasteiger partial charge is 0.508 e. The van der Waals surface area contributed by atoms with Gasteiger partial charge in [0.05, 0.1) is 0 Å². The van der Waals surface area contributed by atoms with Crippen LogP contribution in [0.5, 0.6) is 5.75 Å². The van der Waals surface area contributed by atoms with Gasteiger partial charge in [-0.15, -0.1) is 0 Å². The molecule has 0 heterocycles. The number of para-hydroxylation sites is 1. The maximum absolute atomic E-state index is 8.63. The van der Waals surface area contributed by atoms with Crippen LogP contribution >= 0.6 is 0 Å². The van der Waals surface area contributed by atoms with E-state index in [-0.39, 0.29) is 46.9 Å². The summed E-state index contributed by atoms with van der Waals surface area (Å²) in [5.41, 5.74) is 0.